The SMILES string of the molecule is COc1cc(OC)cc(C(=O)[C@H]2[C@H](C)C(CN=[N+]=[N-])CC3C(C)(C)CCC[C@@]32C)c1. The number of methoxy groups -OCH3 is 2. The van der Waals surface area contributed by atoms with Crippen molar-refractivity contribution < 1.29 is 14.3 Å². The number of Topliss-reactive ketones (excluding diaryl/α,β-unsaturated/α-hetero) is 1. The molecule has 6 heteroatoms. The number of carbonyl (C=O) groups is 1. The molecule has 2 fully saturated rings. The average molecular weight is 414 g/mol. The molecule has 3 rings (SSSR count). The first-order valence-corrected chi connectivity index (χ1v) is 11.0. The smallest absolute Gasteiger partial charge is 0.167 e. The van der Waals surface area contributed by atoms with Crippen molar-refractivity contribution in [2.75, 3.05) is 20.8 Å². The molecule has 0 bridgehead atoms. The summed E-state index contributed by atoms with van der Waals surface area (Å²) in [4.78, 5) is 17.0. The fourth-order valence-corrected chi connectivity index (χ4v) is 6.57. The first kappa shape index (κ1) is 22.5. The average Bonchev–Trinajstić information content (AvgIpc) is 2.71. The number of ketones is 1. The van der Waals surface area contributed by atoms with Crippen molar-refractivity contribution in [1.29, 1.82) is 0 Å². The van der Waals surface area contributed by atoms with E-state index in [0.29, 0.717) is 29.5 Å². The van der Waals surface area contributed by atoms with E-state index in [0.717, 1.165) is 19.3 Å². The highest BCUT2D eigenvalue weighted by atomic mass is 16.5. The highest BCUT2D eigenvalue weighted by Crippen LogP contribution is 2.63. The summed E-state index contributed by atoms with van der Waals surface area (Å²) in [6.07, 6.45) is 4.37. The van der Waals surface area contributed by atoms with Crippen molar-refractivity contribution in [2.45, 2.75) is 53.4 Å². The van der Waals surface area contributed by atoms with Gasteiger partial charge < -0.3 is 9.47 Å². The van der Waals surface area contributed by atoms with E-state index in [1.165, 1.54) is 6.42 Å². The molecule has 2 saturated carbocycles. The normalized spacial score (nSPS) is 32.5. The van der Waals surface area contributed by atoms with Crippen molar-refractivity contribution in [3.8, 4) is 11.5 Å². The summed E-state index contributed by atoms with van der Waals surface area (Å²) in [5, 5.41) is 3.90. The van der Waals surface area contributed by atoms with Crippen LogP contribution < -0.4 is 9.47 Å². The lowest BCUT2D eigenvalue weighted by atomic mass is 9.44. The third kappa shape index (κ3) is 3.90. The second kappa shape index (κ2) is 8.50. The first-order valence-electron chi connectivity index (χ1n) is 11.0. The standard InChI is InChI=1S/C24H35N3O3/c1-15-17(14-26-27-25)12-20-23(2,3)8-7-9-24(20,4)21(15)22(28)16-10-18(29-5)13-19(11-16)30-6/h10-11,13,15,17,20-21H,7-9,12,14H2,1-6H3/t15-,17?,20?,21-,24+/m1/s1. The van der Waals surface area contributed by atoms with Gasteiger partial charge in [0.05, 0.1) is 14.2 Å². The zero-order valence-corrected chi connectivity index (χ0v) is 19.1. The van der Waals surface area contributed by atoms with Crippen LogP contribution in [0.1, 0.15) is 63.7 Å². The van der Waals surface area contributed by atoms with Gasteiger partial charge in [-0.25, -0.2) is 0 Å². The van der Waals surface area contributed by atoms with Gasteiger partial charge in [-0.2, -0.15) is 0 Å². The molecule has 2 unspecified atom stereocenters. The molecule has 2 aliphatic carbocycles. The molecule has 5 atom stereocenters. The highest BCUT2D eigenvalue weighted by molar-refractivity contribution is 5.99. The van der Waals surface area contributed by atoms with Crippen LogP contribution in [-0.4, -0.2) is 26.5 Å². The summed E-state index contributed by atoms with van der Waals surface area (Å²) in [7, 11) is 3.20. The number of rotatable bonds is 6. The lowest BCUT2D eigenvalue weighted by Crippen LogP contribution is -2.56. The molecule has 0 N–H and O–H groups in total. The van der Waals surface area contributed by atoms with Crippen LogP contribution in [0.2, 0.25) is 0 Å². The fraction of sp³-hybridized carbons (Fsp3) is 0.708. The first-order chi connectivity index (χ1) is 14.2. The Morgan fingerprint density at radius 2 is 1.80 bits per heavy atom. The van der Waals surface area contributed by atoms with E-state index in [4.69, 9.17) is 15.0 Å². The maximum absolute atomic E-state index is 14.0. The summed E-state index contributed by atoms with van der Waals surface area (Å²) in [5.74, 6) is 2.01. The van der Waals surface area contributed by atoms with Crippen LogP contribution in [0.3, 0.4) is 0 Å². The molecule has 1 aromatic carbocycles. The second-order valence-electron chi connectivity index (χ2n) is 10.1. The lowest BCUT2D eigenvalue weighted by Gasteiger charge is -2.60. The molecule has 6 nitrogen and oxygen atoms in total. The second-order valence-corrected chi connectivity index (χ2v) is 10.1. The number of hydrogen-bond donors (Lipinski definition) is 0. The fourth-order valence-electron chi connectivity index (χ4n) is 6.57. The largest absolute Gasteiger partial charge is 0.497 e. The highest BCUT2D eigenvalue weighted by Gasteiger charge is 2.58. The van der Waals surface area contributed by atoms with Crippen LogP contribution >= 0.6 is 0 Å². The Kier molecular flexibility index (Phi) is 6.37. The topological polar surface area (TPSA) is 84.3 Å². The maximum atomic E-state index is 14.0. The summed E-state index contributed by atoms with van der Waals surface area (Å²) in [5.41, 5.74) is 9.61. The molecular weight excluding hydrogens is 378 g/mol. The van der Waals surface area contributed by atoms with Crippen LogP contribution in [0.4, 0.5) is 0 Å². The summed E-state index contributed by atoms with van der Waals surface area (Å²) >= 11 is 0. The zero-order valence-electron chi connectivity index (χ0n) is 19.1. The Labute approximate surface area is 180 Å². The Morgan fingerprint density at radius 1 is 1.17 bits per heavy atom. The third-order valence-corrected chi connectivity index (χ3v) is 8.09. The van der Waals surface area contributed by atoms with E-state index >= 15 is 0 Å². The molecular formula is C24H35N3O3. The lowest BCUT2D eigenvalue weighted by molar-refractivity contribution is -0.0997. The molecule has 0 saturated heterocycles. The number of azide groups is 1. The van der Waals surface area contributed by atoms with E-state index in [9.17, 15) is 4.79 Å². The number of benzene rings is 1. The van der Waals surface area contributed by atoms with Crippen molar-refractivity contribution in [3.05, 3.63) is 34.2 Å². The van der Waals surface area contributed by atoms with Gasteiger partial charge in [-0.3, -0.25) is 4.79 Å². The minimum atomic E-state index is -0.133. The van der Waals surface area contributed by atoms with Gasteiger partial charge in [0.25, 0.3) is 0 Å². The maximum Gasteiger partial charge on any atom is 0.167 e. The minimum Gasteiger partial charge on any atom is -0.497 e. The molecule has 1 aromatic rings. The van der Waals surface area contributed by atoms with E-state index in [1.807, 2.05) is 12.1 Å². The number of ether oxygens (including phenoxy) is 2. The van der Waals surface area contributed by atoms with Gasteiger partial charge in [-0.15, -0.1) is 0 Å². The van der Waals surface area contributed by atoms with Gasteiger partial charge >= 0.3 is 0 Å². The van der Waals surface area contributed by atoms with E-state index in [1.54, 1.807) is 20.3 Å². The van der Waals surface area contributed by atoms with Crippen molar-refractivity contribution in [2.24, 2.45) is 39.6 Å². The molecule has 164 valence electrons. The summed E-state index contributed by atoms with van der Waals surface area (Å²) < 4.78 is 10.8. The monoisotopic (exact) mass is 413 g/mol. The Hall–Kier alpha value is -2.20. The van der Waals surface area contributed by atoms with Crippen molar-refractivity contribution in [3.63, 3.8) is 0 Å². The van der Waals surface area contributed by atoms with Crippen molar-refractivity contribution >= 4 is 5.78 Å². The van der Waals surface area contributed by atoms with E-state index in [-0.39, 0.29) is 34.4 Å². The molecule has 0 aliphatic heterocycles. The van der Waals surface area contributed by atoms with Gasteiger partial charge in [-0.1, -0.05) is 39.2 Å². The number of nitrogens with zero attached hydrogens (tertiary/aromatic N) is 3. The molecule has 0 spiro atoms. The summed E-state index contributed by atoms with van der Waals surface area (Å²) in [6, 6.07) is 5.43. The summed E-state index contributed by atoms with van der Waals surface area (Å²) in [6.45, 7) is 9.61. The predicted molar refractivity (Wildman–Crippen MR) is 118 cm³/mol. The third-order valence-electron chi connectivity index (χ3n) is 8.09. The van der Waals surface area contributed by atoms with Gasteiger partial charge in [-0.05, 0) is 65.5 Å². The van der Waals surface area contributed by atoms with Gasteiger partial charge in [0.15, 0.2) is 5.78 Å². The Bertz CT molecular complexity index is 824. The van der Waals surface area contributed by atoms with Crippen molar-refractivity contribution in [1.82, 2.24) is 0 Å². The molecule has 0 amide bonds. The molecule has 0 aromatic heterocycles. The Morgan fingerprint density at radius 3 is 2.37 bits per heavy atom. The number of hydrogen-bond acceptors (Lipinski definition) is 4. The van der Waals surface area contributed by atoms with Gasteiger partial charge in [0.1, 0.15) is 11.5 Å². The molecule has 30 heavy (non-hydrogen) atoms. The van der Waals surface area contributed by atoms with Crippen LogP contribution in [-0.2, 0) is 0 Å². The van der Waals surface area contributed by atoms with Gasteiger partial charge in [0, 0.05) is 29.0 Å². The molecule has 0 radical (unpaired) electrons. The van der Waals surface area contributed by atoms with Crippen LogP contribution in [0, 0.1) is 34.5 Å². The quantitative estimate of drug-likeness (QED) is 0.237. The van der Waals surface area contributed by atoms with Crippen LogP contribution in [0.15, 0.2) is 23.3 Å². The zero-order chi connectivity index (χ0) is 22.1. The van der Waals surface area contributed by atoms with Crippen LogP contribution in [0.5, 0.6) is 11.5 Å². The molecule has 2 aliphatic rings. The Balaban J connectivity index is 2.08. The van der Waals surface area contributed by atoms with E-state index < -0.39 is 0 Å². The predicted octanol–water partition coefficient (Wildman–Crippen LogP) is 6.30. The van der Waals surface area contributed by atoms with Gasteiger partial charge in [0.2, 0.25) is 0 Å². The van der Waals surface area contributed by atoms with E-state index in [2.05, 4.69) is 37.7 Å². The number of carbonyl (C=O) groups excluding carboxylic acids is 1. The molecule has 0 heterocycles. The number of fused-ring (bicyclic) bond motifs is 1. The minimum absolute atomic E-state index is 0.0819. The van der Waals surface area contributed by atoms with Crippen LogP contribution in [0.25, 0.3) is 10.4 Å².